The summed E-state index contributed by atoms with van der Waals surface area (Å²) in [5.41, 5.74) is 1.13. The van der Waals surface area contributed by atoms with Crippen molar-refractivity contribution in [3.05, 3.63) is 30.2 Å². The highest BCUT2D eigenvalue weighted by atomic mass is 32.2. The molecule has 6 heteroatoms. The molecule has 0 aliphatic carbocycles. The van der Waals surface area contributed by atoms with Gasteiger partial charge in [-0.25, -0.2) is 9.78 Å². The standard InChI is InChI=1S/C11H10N2O2S2/c1-2-15-10(14)8-11(16)17-9(13-8)7-4-3-5-12-6-7/h3-6,16H,2H2,1H3. The Bertz CT molecular complexity index is 526. The molecule has 2 aromatic heterocycles. The second-order valence-corrected chi connectivity index (χ2v) is 4.88. The minimum atomic E-state index is -0.441. The molecule has 0 bridgehead atoms. The number of esters is 1. The summed E-state index contributed by atoms with van der Waals surface area (Å²) in [4.78, 5) is 19.8. The van der Waals surface area contributed by atoms with Gasteiger partial charge in [-0.2, -0.15) is 0 Å². The fourth-order valence-electron chi connectivity index (χ4n) is 1.26. The average molecular weight is 266 g/mol. The maximum Gasteiger partial charge on any atom is 0.359 e. The van der Waals surface area contributed by atoms with E-state index in [0.29, 0.717) is 15.8 Å². The Balaban J connectivity index is 2.34. The molecule has 0 spiro atoms. The van der Waals surface area contributed by atoms with Crippen LogP contribution in [0.1, 0.15) is 17.4 Å². The summed E-state index contributed by atoms with van der Waals surface area (Å²) in [5.74, 6) is -0.441. The maximum atomic E-state index is 11.6. The molecule has 2 heterocycles. The fourth-order valence-corrected chi connectivity index (χ4v) is 2.44. The Morgan fingerprint density at radius 3 is 3.06 bits per heavy atom. The van der Waals surface area contributed by atoms with E-state index in [-0.39, 0.29) is 5.69 Å². The van der Waals surface area contributed by atoms with Gasteiger partial charge in [0.05, 0.1) is 10.8 Å². The van der Waals surface area contributed by atoms with E-state index in [1.807, 2.05) is 12.1 Å². The lowest BCUT2D eigenvalue weighted by Crippen LogP contribution is -2.05. The second-order valence-electron chi connectivity index (χ2n) is 3.13. The van der Waals surface area contributed by atoms with Crippen LogP contribution in [0.25, 0.3) is 10.6 Å². The third-order valence-electron chi connectivity index (χ3n) is 1.99. The normalized spacial score (nSPS) is 10.2. The fraction of sp³-hybridized carbons (Fsp3) is 0.182. The zero-order chi connectivity index (χ0) is 12.3. The monoisotopic (exact) mass is 266 g/mol. The first-order valence-corrected chi connectivity index (χ1v) is 6.26. The van der Waals surface area contributed by atoms with Crippen molar-refractivity contribution in [1.29, 1.82) is 0 Å². The van der Waals surface area contributed by atoms with Gasteiger partial charge >= 0.3 is 5.97 Å². The van der Waals surface area contributed by atoms with E-state index in [4.69, 9.17) is 4.74 Å². The SMILES string of the molecule is CCOC(=O)c1nc(-c2cccnc2)sc1S. The molecule has 0 amide bonds. The Morgan fingerprint density at radius 1 is 1.59 bits per heavy atom. The van der Waals surface area contributed by atoms with E-state index in [1.54, 1.807) is 19.3 Å². The molecule has 17 heavy (non-hydrogen) atoms. The smallest absolute Gasteiger partial charge is 0.359 e. The summed E-state index contributed by atoms with van der Waals surface area (Å²) in [6, 6.07) is 3.70. The lowest BCUT2D eigenvalue weighted by atomic mass is 10.3. The van der Waals surface area contributed by atoms with E-state index < -0.39 is 5.97 Å². The number of aromatic nitrogens is 2. The molecule has 0 N–H and O–H groups in total. The van der Waals surface area contributed by atoms with Crippen LogP contribution >= 0.6 is 24.0 Å². The number of rotatable bonds is 3. The highest BCUT2D eigenvalue weighted by molar-refractivity contribution is 7.83. The third-order valence-corrected chi connectivity index (χ3v) is 3.38. The van der Waals surface area contributed by atoms with Crippen molar-refractivity contribution in [3.63, 3.8) is 0 Å². The molecule has 0 aliphatic heterocycles. The first-order valence-electron chi connectivity index (χ1n) is 4.99. The van der Waals surface area contributed by atoms with Crippen molar-refractivity contribution < 1.29 is 9.53 Å². The summed E-state index contributed by atoms with van der Waals surface area (Å²) in [6.07, 6.45) is 3.38. The predicted octanol–water partition coefficient (Wildman–Crippen LogP) is 2.67. The molecular formula is C11H10N2O2S2. The number of carbonyl (C=O) groups excluding carboxylic acids is 1. The molecule has 4 nitrogen and oxygen atoms in total. The van der Waals surface area contributed by atoms with Gasteiger partial charge in [0.1, 0.15) is 5.01 Å². The van der Waals surface area contributed by atoms with Gasteiger partial charge in [-0.15, -0.1) is 24.0 Å². The van der Waals surface area contributed by atoms with Crippen molar-refractivity contribution in [2.24, 2.45) is 0 Å². The van der Waals surface area contributed by atoms with Gasteiger partial charge in [0.25, 0.3) is 0 Å². The third kappa shape index (κ3) is 2.65. The molecule has 0 saturated carbocycles. The van der Waals surface area contributed by atoms with E-state index in [0.717, 1.165) is 5.56 Å². The molecule has 2 rings (SSSR count). The lowest BCUT2D eigenvalue weighted by Gasteiger charge is -1.97. The summed E-state index contributed by atoms with van der Waals surface area (Å²) >= 11 is 5.57. The second kappa shape index (κ2) is 5.29. The number of hydrogen-bond donors (Lipinski definition) is 1. The first kappa shape index (κ1) is 12.1. The molecule has 88 valence electrons. The number of nitrogens with zero attached hydrogens (tertiary/aromatic N) is 2. The van der Waals surface area contributed by atoms with Crippen molar-refractivity contribution in [1.82, 2.24) is 9.97 Å². The van der Waals surface area contributed by atoms with Crippen molar-refractivity contribution in [2.75, 3.05) is 6.61 Å². The zero-order valence-electron chi connectivity index (χ0n) is 9.08. The molecular weight excluding hydrogens is 256 g/mol. The van der Waals surface area contributed by atoms with E-state index in [2.05, 4.69) is 22.6 Å². The van der Waals surface area contributed by atoms with Gasteiger partial charge in [0.2, 0.25) is 0 Å². The van der Waals surface area contributed by atoms with Gasteiger partial charge in [0, 0.05) is 18.0 Å². The number of ether oxygens (including phenoxy) is 1. The molecule has 0 unspecified atom stereocenters. The molecule has 0 saturated heterocycles. The maximum absolute atomic E-state index is 11.6. The van der Waals surface area contributed by atoms with Gasteiger partial charge in [-0.1, -0.05) is 0 Å². The zero-order valence-corrected chi connectivity index (χ0v) is 10.8. The summed E-state index contributed by atoms with van der Waals surface area (Å²) in [7, 11) is 0. The van der Waals surface area contributed by atoms with Gasteiger partial charge in [-0.05, 0) is 19.1 Å². The van der Waals surface area contributed by atoms with E-state index >= 15 is 0 Å². The Morgan fingerprint density at radius 2 is 2.41 bits per heavy atom. The molecule has 0 aromatic carbocycles. The van der Waals surface area contributed by atoms with E-state index in [1.165, 1.54) is 11.3 Å². The molecule has 0 radical (unpaired) electrons. The van der Waals surface area contributed by atoms with Crippen LogP contribution in [0.15, 0.2) is 28.7 Å². The number of carbonyl (C=O) groups is 1. The molecule has 2 aromatic rings. The average Bonchev–Trinajstić information content (AvgIpc) is 2.73. The number of thiazole rings is 1. The largest absolute Gasteiger partial charge is 0.461 e. The van der Waals surface area contributed by atoms with Crippen LogP contribution in [0.2, 0.25) is 0 Å². The Kier molecular flexibility index (Phi) is 3.75. The van der Waals surface area contributed by atoms with Gasteiger partial charge in [0.15, 0.2) is 5.69 Å². The highest BCUT2D eigenvalue weighted by Gasteiger charge is 2.17. The van der Waals surface area contributed by atoms with Crippen LogP contribution in [0, 0.1) is 0 Å². The molecule has 0 aliphatic rings. The van der Waals surface area contributed by atoms with E-state index in [9.17, 15) is 4.79 Å². The minimum absolute atomic E-state index is 0.263. The van der Waals surface area contributed by atoms with Gasteiger partial charge in [-0.3, -0.25) is 4.98 Å². The van der Waals surface area contributed by atoms with Crippen LogP contribution in [0.3, 0.4) is 0 Å². The topological polar surface area (TPSA) is 52.1 Å². The highest BCUT2D eigenvalue weighted by Crippen LogP contribution is 2.30. The van der Waals surface area contributed by atoms with Crippen molar-refractivity contribution in [3.8, 4) is 10.6 Å². The summed E-state index contributed by atoms with van der Waals surface area (Å²) in [6.45, 7) is 2.08. The predicted molar refractivity (Wildman–Crippen MR) is 68.6 cm³/mol. The Hall–Kier alpha value is -1.40. The Labute approximate surface area is 108 Å². The molecule has 0 atom stereocenters. The van der Waals surface area contributed by atoms with Crippen LogP contribution in [0.4, 0.5) is 0 Å². The van der Waals surface area contributed by atoms with Crippen LogP contribution in [0.5, 0.6) is 0 Å². The summed E-state index contributed by atoms with van der Waals surface area (Å²) in [5, 5.41) is 0.714. The number of thiol groups is 1. The molecule has 0 fully saturated rings. The van der Waals surface area contributed by atoms with Crippen LogP contribution < -0.4 is 0 Å². The summed E-state index contributed by atoms with van der Waals surface area (Å²) < 4.78 is 5.46. The first-order chi connectivity index (χ1) is 8.22. The number of pyridine rings is 1. The van der Waals surface area contributed by atoms with Crippen molar-refractivity contribution in [2.45, 2.75) is 11.1 Å². The number of hydrogen-bond acceptors (Lipinski definition) is 6. The van der Waals surface area contributed by atoms with Crippen LogP contribution in [-0.4, -0.2) is 22.5 Å². The van der Waals surface area contributed by atoms with Gasteiger partial charge < -0.3 is 4.74 Å². The van der Waals surface area contributed by atoms with Crippen molar-refractivity contribution >= 4 is 29.9 Å². The lowest BCUT2D eigenvalue weighted by molar-refractivity contribution is 0.0516. The van der Waals surface area contributed by atoms with Crippen LogP contribution in [-0.2, 0) is 4.74 Å². The minimum Gasteiger partial charge on any atom is -0.461 e. The quantitative estimate of drug-likeness (QED) is 0.685.